The molecule has 1 aliphatic rings. The van der Waals surface area contributed by atoms with Crippen molar-refractivity contribution in [2.24, 2.45) is 0 Å². The molecule has 17 heteroatoms. The zero-order valence-corrected chi connectivity index (χ0v) is 36.5. The van der Waals surface area contributed by atoms with Gasteiger partial charge < -0.3 is 23.7 Å². The van der Waals surface area contributed by atoms with E-state index in [2.05, 4.69) is 0 Å². The molecular formula is C37H34N2Na2O10S3. The van der Waals surface area contributed by atoms with E-state index in [4.69, 9.17) is 0 Å². The number of anilines is 1. The van der Waals surface area contributed by atoms with Gasteiger partial charge in [0.2, 0.25) is 0 Å². The van der Waals surface area contributed by atoms with Crippen LogP contribution >= 0.6 is 0 Å². The van der Waals surface area contributed by atoms with E-state index < -0.39 is 35.2 Å². The maximum atomic E-state index is 12.4. The Hall–Kier alpha value is -2.90. The topological polar surface area (TPSA) is 198 Å². The van der Waals surface area contributed by atoms with Gasteiger partial charge in [0.05, 0.1) is 14.7 Å². The first-order valence-corrected chi connectivity index (χ1v) is 20.2. The van der Waals surface area contributed by atoms with Crippen molar-refractivity contribution in [2.75, 3.05) is 18.0 Å². The first-order valence-electron chi connectivity index (χ1n) is 15.9. The minimum Gasteiger partial charge on any atom is -0.744 e. The van der Waals surface area contributed by atoms with Crippen molar-refractivity contribution in [2.45, 2.75) is 41.6 Å². The van der Waals surface area contributed by atoms with E-state index in [1.807, 2.05) is 47.6 Å². The molecule has 0 bridgehead atoms. The summed E-state index contributed by atoms with van der Waals surface area (Å²) >= 11 is 0. The molecular weight excluding hydrogens is 775 g/mol. The number of phenolic OH excluding ortho intramolecular Hbond substituents is 1. The van der Waals surface area contributed by atoms with Crippen LogP contribution in [0, 0.1) is 0 Å². The van der Waals surface area contributed by atoms with Crippen LogP contribution in [0.15, 0.2) is 136 Å². The molecule has 0 unspecified atom stereocenters. The molecule has 272 valence electrons. The van der Waals surface area contributed by atoms with E-state index in [0.717, 1.165) is 28.6 Å². The van der Waals surface area contributed by atoms with Crippen LogP contribution in [0.2, 0.25) is 0 Å². The fraction of sp³-hybridized carbons (Fsp3) is 0.162. The summed E-state index contributed by atoms with van der Waals surface area (Å²) in [4.78, 5) is 0.788. The Morgan fingerprint density at radius 3 is 1.65 bits per heavy atom. The zero-order chi connectivity index (χ0) is 37.8. The fourth-order valence-electron chi connectivity index (χ4n) is 5.82. The summed E-state index contributed by atoms with van der Waals surface area (Å²) in [7, 11) is -14.2. The molecule has 0 saturated heterocycles. The molecule has 54 heavy (non-hydrogen) atoms. The number of allylic oxidation sites excluding steroid dienone is 5. The Bertz CT molecular complexity index is 2430. The summed E-state index contributed by atoms with van der Waals surface area (Å²) in [5.74, 6) is -0.387. The van der Waals surface area contributed by atoms with Crippen molar-refractivity contribution in [1.82, 2.24) is 0 Å². The largest absolute Gasteiger partial charge is 1.00 e. The predicted octanol–water partition coefficient (Wildman–Crippen LogP) is -1.26. The summed E-state index contributed by atoms with van der Waals surface area (Å²) in [5.41, 5.74) is 4.80. The van der Waals surface area contributed by atoms with Crippen LogP contribution in [0.3, 0.4) is 0 Å². The molecule has 0 radical (unpaired) electrons. The van der Waals surface area contributed by atoms with Gasteiger partial charge in [0, 0.05) is 42.1 Å². The van der Waals surface area contributed by atoms with Crippen molar-refractivity contribution < 1.29 is 108 Å². The standard InChI is InChI=1S/C37H36N2O10S3.2Na/c1-3-38(24-26-5-18-33(19-6-26)50(41,42)43)30-13-9-28(10-14-30)37(35-22-17-32(40)23-36(35)52(47,48)49)29-11-15-31(16-12-29)39(4-2)25-27-7-20-34(21-8-27)51(44,45)46;;/h5-23H,3-4,24-25H2,1-2H3,(H3,41,42,43,44,45,46,47,48,49);;/q;2*+1/p-2. The third-order valence-electron chi connectivity index (χ3n) is 8.48. The minimum absolute atomic E-state index is 0. The van der Waals surface area contributed by atoms with Crippen molar-refractivity contribution in [1.29, 1.82) is 0 Å². The van der Waals surface area contributed by atoms with Crippen LogP contribution in [-0.2, 0) is 43.4 Å². The fourth-order valence-corrected chi connectivity index (χ4v) is 7.46. The number of hydrogen-bond donors (Lipinski definition) is 1. The Morgan fingerprint density at radius 2 is 1.19 bits per heavy atom. The van der Waals surface area contributed by atoms with Crippen molar-refractivity contribution in [3.05, 3.63) is 143 Å². The Labute approximate surface area is 360 Å². The SMILES string of the molecule is CCN(Cc1ccc(S(=O)(=O)[O-])cc1)c1ccc(C(=C2C=CC(=[N+](CC)Cc3ccc(S(=O)(=O)[O-])cc3)C=C2)c2ccc(O)cc2S(=O)(=O)[O-])cc1.[Na+].[Na+]. The maximum absolute atomic E-state index is 12.4. The normalized spacial score (nSPS) is 12.8. The third kappa shape index (κ3) is 11.3. The zero-order valence-electron chi connectivity index (χ0n) is 30.0. The van der Waals surface area contributed by atoms with Gasteiger partial charge in [-0.3, -0.25) is 0 Å². The van der Waals surface area contributed by atoms with Crippen LogP contribution in [0.5, 0.6) is 5.75 Å². The van der Waals surface area contributed by atoms with E-state index in [1.54, 1.807) is 48.6 Å². The first-order chi connectivity index (χ1) is 24.5. The van der Waals surface area contributed by atoms with Gasteiger partial charge in [-0.25, -0.2) is 29.8 Å². The summed E-state index contributed by atoms with van der Waals surface area (Å²) in [6, 6.07) is 22.2. The summed E-state index contributed by atoms with van der Waals surface area (Å²) in [6.07, 6.45) is 7.23. The first kappa shape index (κ1) is 45.5. The van der Waals surface area contributed by atoms with Crippen LogP contribution in [0.1, 0.15) is 36.1 Å². The minimum atomic E-state index is -5.02. The van der Waals surface area contributed by atoms with Crippen molar-refractivity contribution in [3.63, 3.8) is 0 Å². The molecule has 0 fully saturated rings. The van der Waals surface area contributed by atoms with Gasteiger partial charge in [-0.2, -0.15) is 0 Å². The van der Waals surface area contributed by atoms with E-state index in [9.17, 15) is 44.0 Å². The molecule has 4 aromatic rings. The van der Waals surface area contributed by atoms with Crippen LogP contribution in [0.4, 0.5) is 5.69 Å². The number of benzene rings is 4. The number of rotatable bonds is 12. The van der Waals surface area contributed by atoms with E-state index in [-0.39, 0.29) is 80.2 Å². The average Bonchev–Trinajstić information content (AvgIpc) is 3.10. The Kier molecular flexibility index (Phi) is 15.9. The Balaban J connectivity index is 0.00000392. The number of aromatic hydroxyl groups is 1. The van der Waals surface area contributed by atoms with Crippen LogP contribution in [0.25, 0.3) is 5.57 Å². The summed E-state index contributed by atoms with van der Waals surface area (Å²) in [6.45, 7) is 5.84. The molecule has 0 saturated carbocycles. The van der Waals surface area contributed by atoms with E-state index >= 15 is 0 Å². The molecule has 12 nitrogen and oxygen atoms in total. The van der Waals surface area contributed by atoms with Crippen molar-refractivity contribution >= 4 is 47.3 Å². The van der Waals surface area contributed by atoms with Crippen molar-refractivity contribution in [3.8, 4) is 5.75 Å². The van der Waals surface area contributed by atoms with Gasteiger partial charge in [0.1, 0.15) is 42.6 Å². The molecule has 0 aromatic heterocycles. The molecule has 1 aliphatic carbocycles. The molecule has 1 N–H and O–H groups in total. The molecule has 0 atom stereocenters. The van der Waals surface area contributed by atoms with Crippen LogP contribution in [-0.4, -0.2) is 67.4 Å². The second-order valence-corrected chi connectivity index (χ2v) is 15.9. The van der Waals surface area contributed by atoms with Gasteiger partial charge in [0.25, 0.3) is 0 Å². The quantitative estimate of drug-likeness (QED) is 0.102. The summed E-state index contributed by atoms with van der Waals surface area (Å²) < 4.78 is 107. The van der Waals surface area contributed by atoms with E-state index in [1.165, 1.54) is 36.4 Å². The van der Waals surface area contributed by atoms with Gasteiger partial charge in [-0.05, 0) is 103 Å². The van der Waals surface area contributed by atoms with Gasteiger partial charge in [-0.1, -0.05) is 36.4 Å². The van der Waals surface area contributed by atoms with Gasteiger partial charge in [0.15, 0.2) is 12.3 Å². The van der Waals surface area contributed by atoms with Crippen LogP contribution < -0.4 is 64.0 Å². The molecule has 0 heterocycles. The third-order valence-corrected chi connectivity index (χ3v) is 11.1. The number of phenols is 1. The monoisotopic (exact) mass is 808 g/mol. The van der Waals surface area contributed by atoms with E-state index in [0.29, 0.717) is 42.9 Å². The molecule has 0 spiro atoms. The smallest absolute Gasteiger partial charge is 0.744 e. The average molecular weight is 809 g/mol. The summed E-state index contributed by atoms with van der Waals surface area (Å²) in [5, 5.41) is 10.1. The molecule has 0 aliphatic heterocycles. The number of hydrogen-bond acceptors (Lipinski definition) is 11. The molecule has 0 amide bonds. The Morgan fingerprint density at radius 1 is 0.667 bits per heavy atom. The van der Waals surface area contributed by atoms with Gasteiger partial charge in [-0.15, -0.1) is 0 Å². The maximum Gasteiger partial charge on any atom is 1.00 e. The molecule has 4 aromatic carbocycles. The predicted molar refractivity (Wildman–Crippen MR) is 192 cm³/mol. The second kappa shape index (κ2) is 18.8. The number of nitrogens with zero attached hydrogens (tertiary/aromatic N) is 2. The molecule has 5 rings (SSSR count). The van der Waals surface area contributed by atoms with Gasteiger partial charge >= 0.3 is 59.1 Å². The second-order valence-electron chi connectivity index (χ2n) is 11.8.